The number of H-pyrrole nitrogens is 1. The number of nitrogens with one attached hydrogen (secondary N) is 6. The van der Waals surface area contributed by atoms with Crippen LogP contribution in [0.3, 0.4) is 0 Å². The largest absolute Gasteiger partial charge is 0.370 e. The first-order chi connectivity index (χ1) is 28.4. The highest BCUT2D eigenvalue weighted by Crippen LogP contribution is 2.30. The standard InChI is InChI=1S/C43H54N10O6/c1-2-11-37(55)53-43(20-19-28-14-6-7-15-29(28)24-43)41(59)52-34(22-27-12-4-3-5-13-27)40(58)50-33(18-10-21-47-42(45)46)39(57)51-35(38(56)49-26-36(44)54)23-30-25-48-32-17-9-8-16-31(30)32/h3-9,12-17,25,33-35,48H,2,10-11,18-24,26H2,1H3,(H2,44,54)(H,49,56)(H,50,58)(H,51,57)(H,52,59)(H,53,55)(H4,45,46,47)/t33-,34+,35-,43+/m0/s1. The molecule has 4 atom stereocenters. The summed E-state index contributed by atoms with van der Waals surface area (Å²) in [5.41, 5.74) is 19.4. The molecular formula is C43H54N10O6. The molecule has 0 aliphatic heterocycles. The van der Waals surface area contributed by atoms with Gasteiger partial charge in [-0.05, 0) is 60.4 Å². The van der Waals surface area contributed by atoms with E-state index in [1.54, 1.807) is 6.20 Å². The summed E-state index contributed by atoms with van der Waals surface area (Å²) in [6.45, 7) is 1.57. The molecule has 1 aromatic heterocycles. The Kier molecular flexibility index (Phi) is 15.2. The summed E-state index contributed by atoms with van der Waals surface area (Å²) in [5, 5.41) is 14.9. The maximum Gasteiger partial charge on any atom is 0.246 e. The molecule has 0 saturated heterocycles. The number of hydrogen-bond acceptors (Lipinski definition) is 7. The van der Waals surface area contributed by atoms with Crippen LogP contribution in [0.4, 0.5) is 0 Å². The number of aliphatic imine (C=N–C) groups is 1. The van der Waals surface area contributed by atoms with Gasteiger partial charge in [-0.1, -0.05) is 79.7 Å². The Morgan fingerprint density at radius 3 is 2.17 bits per heavy atom. The van der Waals surface area contributed by atoms with Crippen molar-refractivity contribution in [2.24, 2.45) is 22.2 Å². The Bertz CT molecular complexity index is 2150. The topological polar surface area (TPSA) is 269 Å². The molecule has 1 aliphatic carbocycles. The third-order valence-electron chi connectivity index (χ3n) is 10.4. The van der Waals surface area contributed by atoms with Gasteiger partial charge < -0.3 is 48.8 Å². The zero-order valence-corrected chi connectivity index (χ0v) is 33.2. The number of benzene rings is 3. The second-order valence-corrected chi connectivity index (χ2v) is 14.9. The van der Waals surface area contributed by atoms with Gasteiger partial charge in [-0.25, -0.2) is 0 Å². The van der Waals surface area contributed by atoms with E-state index in [0.29, 0.717) is 19.3 Å². The van der Waals surface area contributed by atoms with E-state index in [4.69, 9.17) is 17.2 Å². The lowest BCUT2D eigenvalue weighted by atomic mass is 9.77. The van der Waals surface area contributed by atoms with Gasteiger partial charge in [0.2, 0.25) is 35.4 Å². The summed E-state index contributed by atoms with van der Waals surface area (Å²) in [6, 6.07) is 20.7. The summed E-state index contributed by atoms with van der Waals surface area (Å²) in [6.07, 6.45) is 4.05. The van der Waals surface area contributed by atoms with Gasteiger partial charge in [0.1, 0.15) is 23.7 Å². The lowest BCUT2D eigenvalue weighted by Crippen LogP contribution is -2.65. The first-order valence-corrected chi connectivity index (χ1v) is 19.9. The zero-order chi connectivity index (χ0) is 42.4. The van der Waals surface area contributed by atoms with Gasteiger partial charge >= 0.3 is 0 Å². The number of primary amides is 1. The van der Waals surface area contributed by atoms with Crippen molar-refractivity contribution in [3.8, 4) is 0 Å². The Labute approximate surface area is 342 Å². The lowest BCUT2D eigenvalue weighted by Gasteiger charge is -2.38. The molecule has 6 amide bonds. The van der Waals surface area contributed by atoms with E-state index >= 15 is 0 Å². The molecule has 0 saturated carbocycles. The van der Waals surface area contributed by atoms with Crippen LogP contribution in [0, 0.1) is 0 Å². The highest BCUT2D eigenvalue weighted by Gasteiger charge is 2.44. The summed E-state index contributed by atoms with van der Waals surface area (Å²) in [5.74, 6) is -3.73. The molecule has 16 heteroatoms. The number of aromatic nitrogens is 1. The fourth-order valence-electron chi connectivity index (χ4n) is 7.35. The predicted molar refractivity (Wildman–Crippen MR) is 224 cm³/mol. The van der Waals surface area contributed by atoms with Gasteiger partial charge in [-0.3, -0.25) is 33.8 Å². The number of aryl methyl sites for hydroxylation is 1. The lowest BCUT2D eigenvalue weighted by molar-refractivity contribution is -0.137. The van der Waals surface area contributed by atoms with Crippen LogP contribution in [0.5, 0.6) is 0 Å². The van der Waals surface area contributed by atoms with Crippen molar-refractivity contribution in [3.63, 3.8) is 0 Å². The average molecular weight is 807 g/mol. The summed E-state index contributed by atoms with van der Waals surface area (Å²) in [4.78, 5) is 88.6. The molecule has 0 bridgehead atoms. The zero-order valence-electron chi connectivity index (χ0n) is 33.2. The third-order valence-corrected chi connectivity index (χ3v) is 10.4. The van der Waals surface area contributed by atoms with Gasteiger partial charge in [-0.2, -0.15) is 0 Å². The SMILES string of the molecule is CCCC(=O)N[C@]1(C(=O)N[C@H](Cc2ccccc2)C(=O)N[C@@H](CCCN=C(N)N)C(=O)N[C@@H](Cc2c[nH]c3ccccc23)C(=O)NCC(N)=O)CCc2ccccc2C1. The number of hydrogen-bond donors (Lipinski definition) is 9. The van der Waals surface area contributed by atoms with Crippen LogP contribution in [-0.4, -0.2) is 83.1 Å². The fraction of sp³-hybridized carbons (Fsp3) is 0.372. The first-order valence-electron chi connectivity index (χ1n) is 19.9. The Balaban J connectivity index is 1.43. The van der Waals surface area contributed by atoms with Crippen LogP contribution >= 0.6 is 0 Å². The van der Waals surface area contributed by atoms with E-state index in [9.17, 15) is 28.8 Å². The van der Waals surface area contributed by atoms with Crippen molar-refractivity contribution in [1.29, 1.82) is 0 Å². The summed E-state index contributed by atoms with van der Waals surface area (Å²) < 4.78 is 0. The number of amides is 6. The number of aromatic amines is 1. The fourth-order valence-corrected chi connectivity index (χ4v) is 7.35. The molecule has 12 N–H and O–H groups in total. The number of rotatable bonds is 20. The van der Waals surface area contributed by atoms with E-state index < -0.39 is 59.7 Å². The van der Waals surface area contributed by atoms with Crippen molar-refractivity contribution in [2.75, 3.05) is 13.1 Å². The Morgan fingerprint density at radius 1 is 0.780 bits per heavy atom. The summed E-state index contributed by atoms with van der Waals surface area (Å²) >= 11 is 0. The molecule has 1 aliphatic rings. The first kappa shape index (κ1) is 43.4. The van der Waals surface area contributed by atoms with Gasteiger partial charge in [0.05, 0.1) is 6.54 Å². The van der Waals surface area contributed by atoms with E-state index in [1.165, 1.54) is 0 Å². The quantitative estimate of drug-likeness (QED) is 0.0351. The second kappa shape index (κ2) is 20.6. The van der Waals surface area contributed by atoms with Crippen LogP contribution in [0.1, 0.15) is 61.3 Å². The third kappa shape index (κ3) is 12.1. The Hall–Kier alpha value is -6.71. The van der Waals surface area contributed by atoms with Crippen LogP contribution in [0.2, 0.25) is 0 Å². The van der Waals surface area contributed by atoms with Crippen molar-refractivity contribution in [1.82, 2.24) is 31.6 Å². The number of para-hydroxylation sites is 1. The molecule has 0 unspecified atom stereocenters. The molecule has 4 aromatic rings. The van der Waals surface area contributed by atoms with Crippen LogP contribution in [-0.2, 0) is 54.5 Å². The average Bonchev–Trinajstić information content (AvgIpc) is 3.63. The normalized spacial score (nSPS) is 16.0. The molecule has 3 aromatic carbocycles. The minimum Gasteiger partial charge on any atom is -0.370 e. The van der Waals surface area contributed by atoms with Crippen LogP contribution in [0.15, 0.2) is 90.1 Å². The van der Waals surface area contributed by atoms with E-state index in [2.05, 4.69) is 36.6 Å². The highest BCUT2D eigenvalue weighted by molar-refractivity contribution is 5.98. The van der Waals surface area contributed by atoms with Gasteiger partial charge in [0.25, 0.3) is 0 Å². The molecule has 16 nitrogen and oxygen atoms in total. The van der Waals surface area contributed by atoms with Crippen LogP contribution < -0.4 is 43.8 Å². The molecule has 0 radical (unpaired) electrons. The van der Waals surface area contributed by atoms with Gasteiger partial charge in [-0.15, -0.1) is 0 Å². The number of carbonyl (C=O) groups is 6. The molecular weight excluding hydrogens is 753 g/mol. The molecule has 0 fully saturated rings. The van der Waals surface area contributed by atoms with E-state index in [0.717, 1.165) is 33.2 Å². The minimum absolute atomic E-state index is 0.0384. The number of carbonyl (C=O) groups excluding carboxylic acids is 6. The van der Waals surface area contributed by atoms with Crippen LogP contribution in [0.25, 0.3) is 10.9 Å². The maximum atomic E-state index is 14.5. The van der Waals surface area contributed by atoms with Crippen molar-refractivity contribution in [2.45, 2.75) is 88.4 Å². The smallest absolute Gasteiger partial charge is 0.246 e. The molecule has 1 heterocycles. The number of fused-ring (bicyclic) bond motifs is 2. The van der Waals surface area contributed by atoms with Crippen molar-refractivity contribution in [3.05, 3.63) is 107 Å². The van der Waals surface area contributed by atoms with Crippen molar-refractivity contribution < 1.29 is 28.8 Å². The number of nitrogens with two attached hydrogens (primary N) is 3. The van der Waals surface area contributed by atoms with Gasteiger partial charge in [0.15, 0.2) is 5.96 Å². The van der Waals surface area contributed by atoms with Gasteiger partial charge in [0, 0.05) is 49.3 Å². The Morgan fingerprint density at radius 2 is 1.44 bits per heavy atom. The monoisotopic (exact) mass is 806 g/mol. The molecule has 59 heavy (non-hydrogen) atoms. The second-order valence-electron chi connectivity index (χ2n) is 14.9. The highest BCUT2D eigenvalue weighted by atomic mass is 16.2. The molecule has 0 spiro atoms. The molecule has 5 rings (SSSR count). The van der Waals surface area contributed by atoms with E-state index in [-0.39, 0.29) is 56.9 Å². The number of guanidine groups is 1. The summed E-state index contributed by atoms with van der Waals surface area (Å²) in [7, 11) is 0. The minimum atomic E-state index is -1.33. The van der Waals surface area contributed by atoms with E-state index in [1.807, 2.05) is 85.8 Å². The molecule has 312 valence electrons. The predicted octanol–water partition coefficient (Wildman–Crippen LogP) is 0.907. The van der Waals surface area contributed by atoms with Crippen molar-refractivity contribution >= 4 is 52.3 Å². The number of nitrogens with zero attached hydrogens (tertiary/aromatic N) is 1. The maximum absolute atomic E-state index is 14.5.